The fourth-order valence-electron chi connectivity index (χ4n) is 2.74. The van der Waals surface area contributed by atoms with Crippen LogP contribution in [0, 0.1) is 23.5 Å². The minimum absolute atomic E-state index is 0.274. The summed E-state index contributed by atoms with van der Waals surface area (Å²) in [4.78, 5) is 0. The standard InChI is InChI=1S/C14H18F2O/c1-9-2-3-11(4-9)14(17)7-10-5-12(15)8-13(16)6-10/h5-6,8-9,11,14,17H,2-4,7H2,1H3. The van der Waals surface area contributed by atoms with Gasteiger partial charge >= 0.3 is 0 Å². The molecule has 1 saturated carbocycles. The van der Waals surface area contributed by atoms with Gasteiger partial charge in [0, 0.05) is 6.07 Å². The fourth-order valence-corrected chi connectivity index (χ4v) is 2.74. The first kappa shape index (κ1) is 12.5. The number of hydrogen-bond acceptors (Lipinski definition) is 1. The van der Waals surface area contributed by atoms with Crippen LogP contribution < -0.4 is 0 Å². The Bertz CT molecular complexity index is 372. The molecular formula is C14H18F2O. The molecule has 17 heavy (non-hydrogen) atoms. The number of aliphatic hydroxyl groups is 1. The van der Waals surface area contributed by atoms with E-state index in [4.69, 9.17) is 0 Å². The third kappa shape index (κ3) is 3.25. The molecule has 0 bridgehead atoms. The highest BCUT2D eigenvalue weighted by Gasteiger charge is 2.27. The second-order valence-electron chi connectivity index (χ2n) is 5.23. The Morgan fingerprint density at radius 2 is 1.88 bits per heavy atom. The largest absolute Gasteiger partial charge is 0.392 e. The molecule has 1 nitrogen and oxygen atoms in total. The average Bonchev–Trinajstić information content (AvgIpc) is 2.63. The SMILES string of the molecule is CC1CCC(C(O)Cc2cc(F)cc(F)c2)C1. The van der Waals surface area contributed by atoms with Crippen molar-refractivity contribution >= 4 is 0 Å². The second-order valence-corrected chi connectivity index (χ2v) is 5.23. The molecule has 3 unspecified atom stereocenters. The first-order valence-corrected chi connectivity index (χ1v) is 6.17. The van der Waals surface area contributed by atoms with E-state index in [-0.39, 0.29) is 5.92 Å². The maximum atomic E-state index is 13.0. The van der Waals surface area contributed by atoms with Crippen molar-refractivity contribution < 1.29 is 13.9 Å². The lowest BCUT2D eigenvalue weighted by atomic mass is 9.94. The lowest BCUT2D eigenvalue weighted by Gasteiger charge is -2.18. The van der Waals surface area contributed by atoms with Gasteiger partial charge in [0.2, 0.25) is 0 Å². The molecule has 0 aliphatic heterocycles. The highest BCUT2D eigenvalue weighted by atomic mass is 19.1. The Hall–Kier alpha value is -0.960. The predicted molar refractivity (Wildman–Crippen MR) is 62.6 cm³/mol. The van der Waals surface area contributed by atoms with Gasteiger partial charge in [-0.15, -0.1) is 0 Å². The molecule has 94 valence electrons. The lowest BCUT2D eigenvalue weighted by Crippen LogP contribution is -2.20. The molecule has 0 amide bonds. The van der Waals surface area contributed by atoms with Gasteiger partial charge in [0.25, 0.3) is 0 Å². The van der Waals surface area contributed by atoms with Crippen molar-refractivity contribution in [1.29, 1.82) is 0 Å². The molecule has 1 aliphatic carbocycles. The van der Waals surface area contributed by atoms with Crippen LogP contribution >= 0.6 is 0 Å². The van der Waals surface area contributed by atoms with E-state index in [1.54, 1.807) is 0 Å². The summed E-state index contributed by atoms with van der Waals surface area (Å²) in [5, 5.41) is 10.1. The Morgan fingerprint density at radius 1 is 1.24 bits per heavy atom. The van der Waals surface area contributed by atoms with Crippen molar-refractivity contribution in [2.24, 2.45) is 11.8 Å². The molecule has 2 rings (SSSR count). The van der Waals surface area contributed by atoms with E-state index in [9.17, 15) is 13.9 Å². The molecule has 0 saturated heterocycles. The number of benzene rings is 1. The minimum Gasteiger partial charge on any atom is -0.392 e. The van der Waals surface area contributed by atoms with Gasteiger partial charge in [0.15, 0.2) is 0 Å². The lowest BCUT2D eigenvalue weighted by molar-refractivity contribution is 0.109. The zero-order chi connectivity index (χ0) is 12.4. The van der Waals surface area contributed by atoms with E-state index in [0.29, 0.717) is 17.9 Å². The van der Waals surface area contributed by atoms with E-state index in [1.165, 1.54) is 12.1 Å². The molecule has 1 fully saturated rings. The van der Waals surface area contributed by atoms with Gasteiger partial charge in [0.05, 0.1) is 6.10 Å². The average molecular weight is 240 g/mol. The number of hydrogen-bond donors (Lipinski definition) is 1. The quantitative estimate of drug-likeness (QED) is 0.859. The first-order chi connectivity index (χ1) is 8.04. The maximum absolute atomic E-state index is 13.0. The minimum atomic E-state index is -0.577. The van der Waals surface area contributed by atoms with Gasteiger partial charge in [-0.05, 0) is 48.8 Å². The zero-order valence-electron chi connectivity index (χ0n) is 10.00. The van der Waals surface area contributed by atoms with E-state index in [2.05, 4.69) is 6.92 Å². The molecule has 0 radical (unpaired) electrons. The summed E-state index contributed by atoms with van der Waals surface area (Å²) < 4.78 is 26.0. The van der Waals surface area contributed by atoms with Crippen LogP contribution in [-0.4, -0.2) is 11.2 Å². The van der Waals surface area contributed by atoms with Crippen LogP contribution in [0.5, 0.6) is 0 Å². The van der Waals surface area contributed by atoms with E-state index >= 15 is 0 Å². The number of rotatable bonds is 3. The Morgan fingerprint density at radius 3 is 2.41 bits per heavy atom. The van der Waals surface area contributed by atoms with Gasteiger partial charge in [-0.1, -0.05) is 13.3 Å². The predicted octanol–water partition coefficient (Wildman–Crippen LogP) is 3.30. The van der Waals surface area contributed by atoms with Crippen LogP contribution in [0.4, 0.5) is 8.78 Å². The van der Waals surface area contributed by atoms with Crippen LogP contribution in [0.1, 0.15) is 31.7 Å². The van der Waals surface area contributed by atoms with Gasteiger partial charge in [-0.25, -0.2) is 8.78 Å². The summed E-state index contributed by atoms with van der Waals surface area (Å²) in [5.74, 6) is -0.228. The molecule has 0 spiro atoms. The summed E-state index contributed by atoms with van der Waals surface area (Å²) in [6.07, 6.45) is 3.02. The summed E-state index contributed by atoms with van der Waals surface area (Å²) in [5.41, 5.74) is 0.537. The summed E-state index contributed by atoms with van der Waals surface area (Å²) in [7, 11) is 0. The normalized spacial score (nSPS) is 26.1. The van der Waals surface area contributed by atoms with Crippen LogP contribution in [0.2, 0.25) is 0 Å². The molecule has 1 aromatic carbocycles. The topological polar surface area (TPSA) is 20.2 Å². The smallest absolute Gasteiger partial charge is 0.126 e. The zero-order valence-corrected chi connectivity index (χ0v) is 10.00. The summed E-state index contributed by atoms with van der Waals surface area (Å²) in [6, 6.07) is 3.45. The van der Waals surface area contributed by atoms with Crippen molar-refractivity contribution in [3.8, 4) is 0 Å². The molecular weight excluding hydrogens is 222 g/mol. The molecule has 3 atom stereocenters. The van der Waals surface area contributed by atoms with Crippen molar-refractivity contribution in [2.75, 3.05) is 0 Å². The van der Waals surface area contributed by atoms with Crippen molar-refractivity contribution in [2.45, 2.75) is 38.7 Å². The van der Waals surface area contributed by atoms with Gasteiger partial charge in [0.1, 0.15) is 11.6 Å². The Balaban J connectivity index is 2.00. The molecule has 1 N–H and O–H groups in total. The number of aliphatic hydroxyl groups excluding tert-OH is 1. The maximum Gasteiger partial charge on any atom is 0.126 e. The van der Waals surface area contributed by atoms with Crippen molar-refractivity contribution in [1.82, 2.24) is 0 Å². The first-order valence-electron chi connectivity index (χ1n) is 6.17. The summed E-state index contributed by atoms with van der Waals surface area (Å²) >= 11 is 0. The monoisotopic (exact) mass is 240 g/mol. The van der Waals surface area contributed by atoms with Gasteiger partial charge < -0.3 is 5.11 Å². The van der Waals surface area contributed by atoms with Crippen molar-refractivity contribution in [3.05, 3.63) is 35.4 Å². The highest BCUT2D eigenvalue weighted by molar-refractivity contribution is 5.18. The fraction of sp³-hybridized carbons (Fsp3) is 0.571. The Kier molecular flexibility index (Phi) is 3.77. The third-order valence-corrected chi connectivity index (χ3v) is 3.65. The summed E-state index contributed by atoms with van der Waals surface area (Å²) in [6.45, 7) is 2.18. The Labute approximate surface area is 100 Å². The molecule has 0 heterocycles. The van der Waals surface area contributed by atoms with E-state index in [1.807, 2.05) is 0 Å². The highest BCUT2D eigenvalue weighted by Crippen LogP contribution is 2.33. The van der Waals surface area contributed by atoms with Gasteiger partial charge in [-0.2, -0.15) is 0 Å². The van der Waals surface area contributed by atoms with Crippen LogP contribution in [-0.2, 0) is 6.42 Å². The molecule has 0 aromatic heterocycles. The third-order valence-electron chi connectivity index (χ3n) is 3.65. The molecule has 1 aliphatic rings. The van der Waals surface area contributed by atoms with E-state index in [0.717, 1.165) is 25.3 Å². The second kappa shape index (κ2) is 5.13. The molecule has 3 heteroatoms. The van der Waals surface area contributed by atoms with Crippen LogP contribution in [0.3, 0.4) is 0 Å². The van der Waals surface area contributed by atoms with Crippen LogP contribution in [0.15, 0.2) is 18.2 Å². The van der Waals surface area contributed by atoms with Gasteiger partial charge in [-0.3, -0.25) is 0 Å². The molecule has 1 aromatic rings. The number of halogens is 2. The van der Waals surface area contributed by atoms with Crippen molar-refractivity contribution in [3.63, 3.8) is 0 Å². The van der Waals surface area contributed by atoms with E-state index < -0.39 is 17.7 Å². The van der Waals surface area contributed by atoms with Crippen LogP contribution in [0.25, 0.3) is 0 Å².